The molecule has 1 fully saturated rings. The van der Waals surface area contributed by atoms with E-state index in [9.17, 15) is 14.9 Å². The molecule has 0 radical (unpaired) electrons. The molecule has 0 atom stereocenters. The maximum atomic E-state index is 12.4. The van der Waals surface area contributed by atoms with E-state index in [4.69, 9.17) is 0 Å². The van der Waals surface area contributed by atoms with Crippen LogP contribution in [0.1, 0.15) is 28.8 Å². The number of anilines is 1. The minimum absolute atomic E-state index is 0.0167. The van der Waals surface area contributed by atoms with Crippen LogP contribution in [0.3, 0.4) is 0 Å². The Labute approximate surface area is 154 Å². The van der Waals surface area contributed by atoms with Crippen molar-refractivity contribution in [3.05, 3.63) is 68.2 Å². The van der Waals surface area contributed by atoms with Gasteiger partial charge in [0.25, 0.3) is 11.6 Å². The van der Waals surface area contributed by atoms with Gasteiger partial charge in [0, 0.05) is 35.7 Å². The molecule has 0 bridgehead atoms. The van der Waals surface area contributed by atoms with Crippen LogP contribution in [-0.4, -0.2) is 23.9 Å². The Balaban J connectivity index is 1.76. The van der Waals surface area contributed by atoms with Gasteiger partial charge in [0.2, 0.25) is 0 Å². The predicted molar refractivity (Wildman–Crippen MR) is 99.9 cm³/mol. The molecular weight excluding hydrogens is 386 g/mol. The van der Waals surface area contributed by atoms with Gasteiger partial charge in [-0.25, -0.2) is 0 Å². The fourth-order valence-electron chi connectivity index (χ4n) is 2.97. The monoisotopic (exact) mass is 403 g/mol. The quantitative estimate of drug-likeness (QED) is 0.606. The van der Waals surface area contributed by atoms with Crippen molar-refractivity contribution in [3.63, 3.8) is 0 Å². The number of halogens is 1. The smallest absolute Gasteiger partial charge is 0.293 e. The second kappa shape index (κ2) is 7.65. The average molecular weight is 404 g/mol. The molecule has 1 saturated heterocycles. The number of amides is 1. The number of nitro benzene ring substituents is 1. The molecule has 7 heteroatoms. The van der Waals surface area contributed by atoms with Crippen molar-refractivity contribution in [1.29, 1.82) is 0 Å². The lowest BCUT2D eigenvalue weighted by Crippen LogP contribution is -2.23. The minimum Gasteiger partial charge on any atom is -0.366 e. The molecule has 0 aromatic heterocycles. The Morgan fingerprint density at radius 2 is 1.96 bits per heavy atom. The Kier molecular flexibility index (Phi) is 5.33. The van der Waals surface area contributed by atoms with Crippen molar-refractivity contribution in [3.8, 4) is 0 Å². The largest absolute Gasteiger partial charge is 0.366 e. The number of rotatable bonds is 5. The van der Waals surface area contributed by atoms with E-state index in [0.29, 0.717) is 17.8 Å². The van der Waals surface area contributed by atoms with Crippen molar-refractivity contribution in [1.82, 2.24) is 5.32 Å². The van der Waals surface area contributed by atoms with Crippen molar-refractivity contribution in [2.75, 3.05) is 18.0 Å². The first kappa shape index (κ1) is 17.4. The van der Waals surface area contributed by atoms with Crippen LogP contribution in [0.2, 0.25) is 0 Å². The van der Waals surface area contributed by atoms with Gasteiger partial charge in [-0.3, -0.25) is 14.9 Å². The number of nitrogens with zero attached hydrogens (tertiary/aromatic N) is 2. The van der Waals surface area contributed by atoms with E-state index >= 15 is 0 Å². The predicted octanol–water partition coefficient (Wildman–Crippen LogP) is 3.89. The molecule has 6 nitrogen and oxygen atoms in total. The first-order valence-corrected chi connectivity index (χ1v) is 8.90. The second-order valence-electron chi connectivity index (χ2n) is 5.97. The molecular formula is C18H18BrN3O3. The van der Waals surface area contributed by atoms with Crippen LogP contribution in [0.15, 0.2) is 46.9 Å². The highest BCUT2D eigenvalue weighted by atomic mass is 79.9. The zero-order valence-electron chi connectivity index (χ0n) is 13.6. The molecule has 2 aromatic carbocycles. The summed E-state index contributed by atoms with van der Waals surface area (Å²) >= 11 is 3.39. The molecule has 2 aromatic rings. The normalized spacial score (nSPS) is 13.7. The Hall–Kier alpha value is -2.41. The van der Waals surface area contributed by atoms with E-state index in [1.165, 1.54) is 6.07 Å². The Morgan fingerprint density at radius 3 is 2.64 bits per heavy atom. The SMILES string of the molecule is O=C(NCc1cccc(Br)c1)c1ccc(N2CCCC2)c([N+](=O)[O-])c1. The summed E-state index contributed by atoms with van der Waals surface area (Å²) in [6.07, 6.45) is 2.07. The van der Waals surface area contributed by atoms with Crippen molar-refractivity contribution < 1.29 is 9.72 Å². The fraction of sp³-hybridized carbons (Fsp3) is 0.278. The molecule has 0 aliphatic carbocycles. The van der Waals surface area contributed by atoms with Crippen LogP contribution in [0.4, 0.5) is 11.4 Å². The molecule has 3 rings (SSSR count). The first-order valence-electron chi connectivity index (χ1n) is 8.10. The lowest BCUT2D eigenvalue weighted by Gasteiger charge is -2.17. The van der Waals surface area contributed by atoms with Crippen LogP contribution < -0.4 is 10.2 Å². The maximum absolute atomic E-state index is 12.4. The van der Waals surface area contributed by atoms with E-state index in [1.807, 2.05) is 29.2 Å². The van der Waals surface area contributed by atoms with Crippen LogP contribution in [0, 0.1) is 10.1 Å². The summed E-state index contributed by atoms with van der Waals surface area (Å²) in [5.74, 6) is -0.323. The van der Waals surface area contributed by atoms with Crippen LogP contribution in [-0.2, 0) is 6.54 Å². The lowest BCUT2D eigenvalue weighted by atomic mass is 10.1. The van der Waals surface area contributed by atoms with Gasteiger partial charge in [0.1, 0.15) is 5.69 Å². The summed E-state index contributed by atoms with van der Waals surface area (Å²) in [5, 5.41) is 14.2. The molecule has 130 valence electrons. The van der Waals surface area contributed by atoms with E-state index in [-0.39, 0.29) is 11.6 Å². The molecule has 1 heterocycles. The number of nitro groups is 1. The average Bonchev–Trinajstić information content (AvgIpc) is 3.13. The lowest BCUT2D eigenvalue weighted by molar-refractivity contribution is -0.384. The molecule has 1 N–H and O–H groups in total. The standard InChI is InChI=1S/C18H18BrN3O3/c19-15-5-3-4-13(10-15)12-20-18(23)14-6-7-16(17(11-14)22(24)25)21-8-1-2-9-21/h3-7,10-11H,1-2,8-9,12H2,(H,20,23). The Morgan fingerprint density at radius 1 is 1.20 bits per heavy atom. The summed E-state index contributed by atoms with van der Waals surface area (Å²) in [7, 11) is 0. The van der Waals surface area contributed by atoms with Gasteiger partial charge in [0.05, 0.1) is 4.92 Å². The summed E-state index contributed by atoms with van der Waals surface area (Å²) in [4.78, 5) is 25.3. The van der Waals surface area contributed by atoms with Gasteiger partial charge in [-0.15, -0.1) is 0 Å². The van der Waals surface area contributed by atoms with Crippen LogP contribution >= 0.6 is 15.9 Å². The van der Waals surface area contributed by atoms with Crippen molar-refractivity contribution in [2.24, 2.45) is 0 Å². The van der Waals surface area contributed by atoms with E-state index in [2.05, 4.69) is 21.2 Å². The molecule has 0 spiro atoms. The zero-order chi connectivity index (χ0) is 17.8. The molecule has 25 heavy (non-hydrogen) atoms. The van der Waals surface area contributed by atoms with Gasteiger partial charge in [-0.05, 0) is 42.7 Å². The third-order valence-electron chi connectivity index (χ3n) is 4.22. The van der Waals surface area contributed by atoms with Crippen LogP contribution in [0.25, 0.3) is 0 Å². The van der Waals surface area contributed by atoms with Gasteiger partial charge >= 0.3 is 0 Å². The molecule has 1 aliphatic heterocycles. The topological polar surface area (TPSA) is 75.5 Å². The highest BCUT2D eigenvalue weighted by Crippen LogP contribution is 2.31. The van der Waals surface area contributed by atoms with Gasteiger partial charge in [-0.2, -0.15) is 0 Å². The van der Waals surface area contributed by atoms with Gasteiger partial charge in [-0.1, -0.05) is 28.1 Å². The molecule has 1 aliphatic rings. The van der Waals surface area contributed by atoms with Crippen molar-refractivity contribution in [2.45, 2.75) is 19.4 Å². The highest BCUT2D eigenvalue weighted by Gasteiger charge is 2.23. The van der Waals surface area contributed by atoms with E-state index in [0.717, 1.165) is 36.0 Å². The minimum atomic E-state index is -0.418. The van der Waals surface area contributed by atoms with Crippen LogP contribution in [0.5, 0.6) is 0 Å². The number of benzene rings is 2. The fourth-order valence-corrected chi connectivity index (χ4v) is 3.41. The number of hydrogen-bond acceptors (Lipinski definition) is 4. The third-order valence-corrected chi connectivity index (χ3v) is 4.72. The number of carbonyl (C=O) groups is 1. The Bertz CT molecular complexity index is 804. The zero-order valence-corrected chi connectivity index (χ0v) is 15.2. The third kappa shape index (κ3) is 4.17. The summed E-state index contributed by atoms with van der Waals surface area (Å²) in [5.41, 5.74) is 1.82. The molecule has 1 amide bonds. The molecule has 0 saturated carbocycles. The highest BCUT2D eigenvalue weighted by molar-refractivity contribution is 9.10. The van der Waals surface area contributed by atoms with Gasteiger partial charge < -0.3 is 10.2 Å². The van der Waals surface area contributed by atoms with E-state index in [1.54, 1.807) is 12.1 Å². The first-order chi connectivity index (χ1) is 12.0. The summed E-state index contributed by atoms with van der Waals surface area (Å²) in [6, 6.07) is 12.3. The number of carbonyl (C=O) groups excluding carboxylic acids is 1. The summed E-state index contributed by atoms with van der Waals surface area (Å²) in [6.45, 7) is 1.99. The van der Waals surface area contributed by atoms with E-state index < -0.39 is 4.92 Å². The number of nitrogens with one attached hydrogen (secondary N) is 1. The van der Waals surface area contributed by atoms with Gasteiger partial charge in [0.15, 0.2) is 0 Å². The second-order valence-corrected chi connectivity index (χ2v) is 6.88. The molecule has 0 unspecified atom stereocenters. The maximum Gasteiger partial charge on any atom is 0.293 e. The summed E-state index contributed by atoms with van der Waals surface area (Å²) < 4.78 is 0.935. The number of hydrogen-bond donors (Lipinski definition) is 1. The van der Waals surface area contributed by atoms with Crippen molar-refractivity contribution >= 4 is 33.2 Å².